The Morgan fingerprint density at radius 1 is 0.852 bits per heavy atom. The van der Waals surface area contributed by atoms with Crippen molar-refractivity contribution in [2.45, 2.75) is 5.92 Å². The van der Waals surface area contributed by atoms with Crippen LogP contribution in [0.2, 0.25) is 0 Å². The van der Waals surface area contributed by atoms with E-state index < -0.39 is 5.92 Å². The van der Waals surface area contributed by atoms with Crippen molar-refractivity contribution in [2.24, 2.45) is 0 Å². The second-order valence-electron chi connectivity index (χ2n) is 6.22. The van der Waals surface area contributed by atoms with Crippen LogP contribution in [0, 0.1) is 0 Å². The average Bonchev–Trinajstić information content (AvgIpc) is 2.70. The van der Waals surface area contributed by atoms with E-state index in [1.807, 2.05) is 66.7 Å². The molecule has 136 valence electrons. The third-order valence-electron chi connectivity index (χ3n) is 4.42. The molecule has 0 radical (unpaired) electrons. The third kappa shape index (κ3) is 3.83. The largest absolute Gasteiger partial charge is 0.486 e. The van der Waals surface area contributed by atoms with Crippen LogP contribution in [-0.2, 0) is 4.79 Å². The quantitative estimate of drug-likeness (QED) is 0.642. The fraction of sp³-hybridized carbons (Fsp3) is 0.136. The van der Waals surface area contributed by atoms with Gasteiger partial charge >= 0.3 is 0 Å². The molecule has 4 rings (SSSR count). The monoisotopic (exact) mass is 423 g/mol. The number of carbonyl (C=O) groups is 1. The van der Waals surface area contributed by atoms with Gasteiger partial charge in [-0.1, -0.05) is 60.7 Å². The number of anilines is 1. The minimum absolute atomic E-state index is 0.107. The molecule has 0 fully saturated rings. The van der Waals surface area contributed by atoms with E-state index in [1.54, 1.807) is 6.07 Å². The highest BCUT2D eigenvalue weighted by molar-refractivity contribution is 9.10. The van der Waals surface area contributed by atoms with E-state index in [0.717, 1.165) is 15.6 Å². The van der Waals surface area contributed by atoms with Gasteiger partial charge in [-0.25, -0.2) is 0 Å². The molecule has 1 N–H and O–H groups in total. The first-order valence-corrected chi connectivity index (χ1v) is 9.51. The number of ether oxygens (including phenoxy) is 2. The predicted molar refractivity (Wildman–Crippen MR) is 108 cm³/mol. The molecule has 1 aliphatic rings. The fourth-order valence-corrected chi connectivity index (χ4v) is 3.57. The fourth-order valence-electron chi connectivity index (χ4n) is 3.15. The summed E-state index contributed by atoms with van der Waals surface area (Å²) in [5, 5.41) is 3.04. The summed E-state index contributed by atoms with van der Waals surface area (Å²) in [4.78, 5) is 13.2. The molecular weight excluding hydrogens is 406 g/mol. The molecule has 0 spiro atoms. The topological polar surface area (TPSA) is 47.6 Å². The van der Waals surface area contributed by atoms with Crippen molar-refractivity contribution in [3.05, 3.63) is 88.4 Å². The number of hydrogen-bond donors (Lipinski definition) is 1. The lowest BCUT2D eigenvalue weighted by Crippen LogP contribution is -2.23. The summed E-state index contributed by atoms with van der Waals surface area (Å²) in [6.45, 7) is 1.02. The molecule has 1 aliphatic heterocycles. The first-order chi connectivity index (χ1) is 13.2. The molecule has 5 heteroatoms. The lowest BCUT2D eigenvalue weighted by atomic mass is 9.90. The average molecular weight is 424 g/mol. The first-order valence-electron chi connectivity index (χ1n) is 8.72. The Bertz CT molecular complexity index is 905. The minimum Gasteiger partial charge on any atom is -0.486 e. The Balaban J connectivity index is 1.67. The van der Waals surface area contributed by atoms with Crippen LogP contribution in [0.5, 0.6) is 11.5 Å². The van der Waals surface area contributed by atoms with Gasteiger partial charge in [0.1, 0.15) is 13.2 Å². The molecule has 0 saturated heterocycles. The summed E-state index contributed by atoms with van der Waals surface area (Å²) < 4.78 is 12.0. The second kappa shape index (κ2) is 7.84. The minimum atomic E-state index is -0.410. The van der Waals surface area contributed by atoms with E-state index >= 15 is 0 Å². The highest BCUT2D eigenvalue weighted by Crippen LogP contribution is 2.38. The van der Waals surface area contributed by atoms with Crippen LogP contribution in [0.15, 0.2) is 77.3 Å². The summed E-state index contributed by atoms with van der Waals surface area (Å²) in [5.41, 5.74) is 2.53. The smallest absolute Gasteiger partial charge is 0.236 e. The van der Waals surface area contributed by atoms with Crippen molar-refractivity contribution in [1.82, 2.24) is 0 Å². The van der Waals surface area contributed by atoms with Gasteiger partial charge in [0, 0.05) is 16.6 Å². The number of fused-ring (bicyclic) bond motifs is 1. The lowest BCUT2D eigenvalue weighted by Gasteiger charge is -2.22. The van der Waals surface area contributed by atoms with Crippen LogP contribution in [0.25, 0.3) is 0 Å². The van der Waals surface area contributed by atoms with E-state index in [-0.39, 0.29) is 5.91 Å². The number of nitrogens with one attached hydrogen (secondary N) is 1. The maximum atomic E-state index is 13.2. The van der Waals surface area contributed by atoms with Crippen molar-refractivity contribution >= 4 is 27.5 Å². The first kappa shape index (κ1) is 17.6. The molecule has 0 aromatic heterocycles. The molecule has 0 aliphatic carbocycles. The highest BCUT2D eigenvalue weighted by atomic mass is 79.9. The molecule has 1 heterocycles. The van der Waals surface area contributed by atoms with Gasteiger partial charge in [0.2, 0.25) is 5.91 Å². The Labute approximate surface area is 166 Å². The molecule has 0 unspecified atom stereocenters. The zero-order valence-electron chi connectivity index (χ0n) is 14.5. The summed E-state index contributed by atoms with van der Waals surface area (Å²) in [6, 6.07) is 23.2. The molecule has 27 heavy (non-hydrogen) atoms. The summed E-state index contributed by atoms with van der Waals surface area (Å²) in [6.07, 6.45) is 0. The van der Waals surface area contributed by atoms with Gasteiger partial charge in [-0.3, -0.25) is 4.79 Å². The van der Waals surface area contributed by atoms with Crippen LogP contribution >= 0.6 is 15.9 Å². The van der Waals surface area contributed by atoms with Crippen LogP contribution in [-0.4, -0.2) is 19.1 Å². The van der Waals surface area contributed by atoms with Gasteiger partial charge in [0.25, 0.3) is 0 Å². The zero-order valence-corrected chi connectivity index (χ0v) is 16.1. The number of halogens is 1. The van der Waals surface area contributed by atoms with E-state index in [4.69, 9.17) is 9.47 Å². The van der Waals surface area contributed by atoms with Crippen LogP contribution in [0.3, 0.4) is 0 Å². The molecule has 4 nitrogen and oxygen atoms in total. The number of hydrogen-bond acceptors (Lipinski definition) is 3. The van der Waals surface area contributed by atoms with Crippen molar-refractivity contribution < 1.29 is 14.3 Å². The van der Waals surface area contributed by atoms with Crippen LogP contribution in [0.4, 0.5) is 5.69 Å². The Hall–Kier alpha value is -2.79. The van der Waals surface area contributed by atoms with E-state index in [1.165, 1.54) is 0 Å². The van der Waals surface area contributed by atoms with Crippen molar-refractivity contribution in [3.8, 4) is 11.5 Å². The number of benzene rings is 3. The molecular formula is C22H18BrNO3. The maximum absolute atomic E-state index is 13.2. The Morgan fingerprint density at radius 3 is 1.93 bits per heavy atom. The summed E-state index contributed by atoms with van der Waals surface area (Å²) in [5.74, 6) is 0.793. The van der Waals surface area contributed by atoms with Gasteiger partial charge in [0.15, 0.2) is 11.5 Å². The molecule has 3 aromatic rings. The van der Waals surface area contributed by atoms with Crippen molar-refractivity contribution in [3.63, 3.8) is 0 Å². The number of rotatable bonds is 4. The van der Waals surface area contributed by atoms with Crippen molar-refractivity contribution in [1.29, 1.82) is 0 Å². The van der Waals surface area contributed by atoms with Gasteiger partial charge in [-0.15, -0.1) is 0 Å². The summed E-state index contributed by atoms with van der Waals surface area (Å²) in [7, 11) is 0. The number of amides is 1. The van der Waals surface area contributed by atoms with Crippen LogP contribution < -0.4 is 14.8 Å². The second-order valence-corrected chi connectivity index (χ2v) is 7.07. The van der Waals surface area contributed by atoms with Crippen molar-refractivity contribution in [2.75, 3.05) is 18.5 Å². The van der Waals surface area contributed by atoms with Gasteiger partial charge in [-0.2, -0.15) is 0 Å². The normalized spacial score (nSPS) is 12.7. The SMILES string of the molecule is O=C(Nc1cc2c(cc1Br)OCCO2)C(c1ccccc1)c1ccccc1. The third-order valence-corrected chi connectivity index (χ3v) is 5.07. The standard InChI is InChI=1S/C22H18BrNO3/c23-17-13-19-20(27-12-11-26-19)14-18(17)24-22(25)21(15-7-3-1-4-8-15)16-9-5-2-6-10-16/h1-10,13-14,21H,11-12H2,(H,24,25). The molecule has 0 saturated carbocycles. The Morgan fingerprint density at radius 2 is 1.37 bits per heavy atom. The Kier molecular flexibility index (Phi) is 5.12. The van der Waals surface area contributed by atoms with Crippen LogP contribution in [0.1, 0.15) is 17.0 Å². The van der Waals surface area contributed by atoms with Gasteiger partial charge in [-0.05, 0) is 27.1 Å². The van der Waals surface area contributed by atoms with E-state index in [2.05, 4.69) is 21.2 Å². The molecule has 1 amide bonds. The highest BCUT2D eigenvalue weighted by Gasteiger charge is 2.24. The maximum Gasteiger partial charge on any atom is 0.236 e. The summed E-state index contributed by atoms with van der Waals surface area (Å²) >= 11 is 3.52. The van der Waals surface area contributed by atoms with E-state index in [0.29, 0.717) is 30.4 Å². The molecule has 0 atom stereocenters. The van der Waals surface area contributed by atoms with E-state index in [9.17, 15) is 4.79 Å². The number of carbonyl (C=O) groups excluding carboxylic acids is 1. The zero-order chi connectivity index (χ0) is 18.6. The van der Waals surface area contributed by atoms with Gasteiger partial charge < -0.3 is 14.8 Å². The lowest BCUT2D eigenvalue weighted by molar-refractivity contribution is -0.116. The predicted octanol–water partition coefficient (Wildman–Crippen LogP) is 4.99. The molecule has 3 aromatic carbocycles. The van der Waals surface area contributed by atoms with Gasteiger partial charge in [0.05, 0.1) is 11.6 Å². The molecule has 0 bridgehead atoms.